The largest absolute Gasteiger partial charge is 0.476 e. The Bertz CT molecular complexity index is 833. The van der Waals surface area contributed by atoms with Crippen LogP contribution in [-0.2, 0) is 19.1 Å². The lowest BCUT2D eigenvalue weighted by atomic mass is 10.1. The molecule has 32 heavy (non-hydrogen) atoms. The van der Waals surface area contributed by atoms with Crippen molar-refractivity contribution in [1.82, 2.24) is 0 Å². The summed E-state index contributed by atoms with van der Waals surface area (Å²) in [6.07, 6.45) is -1.22. The first-order valence-electron chi connectivity index (χ1n) is 9.81. The molecule has 0 fully saturated rings. The van der Waals surface area contributed by atoms with Crippen molar-refractivity contribution in [3.63, 3.8) is 0 Å². The molecule has 0 atom stereocenters. The van der Waals surface area contributed by atoms with E-state index in [0.29, 0.717) is 21.5 Å². The summed E-state index contributed by atoms with van der Waals surface area (Å²) < 4.78 is 21.5. The molecule has 9 heteroatoms. The molecule has 174 valence electrons. The molecule has 0 radical (unpaired) electrons. The Morgan fingerprint density at radius 1 is 0.750 bits per heavy atom. The molecule has 0 spiro atoms. The first-order valence-corrected chi connectivity index (χ1v) is 10.6. The van der Waals surface area contributed by atoms with E-state index in [1.54, 1.807) is 48.5 Å². The van der Waals surface area contributed by atoms with Gasteiger partial charge in [0, 0.05) is 10.0 Å². The minimum Gasteiger partial charge on any atom is -0.476 e. The maximum atomic E-state index is 12.3. The minimum atomic E-state index is -1.31. The number of aliphatic hydroxyl groups is 1. The van der Waals surface area contributed by atoms with Crippen LogP contribution in [0.2, 0.25) is 10.0 Å². The van der Waals surface area contributed by atoms with Crippen LogP contribution in [0.1, 0.15) is 27.7 Å². The highest BCUT2D eigenvalue weighted by Gasteiger charge is 2.34. The third kappa shape index (κ3) is 7.89. The number of carbonyl (C=O) groups is 2. The number of hydrogen-bond acceptors (Lipinski definition) is 7. The molecule has 2 aromatic carbocycles. The van der Waals surface area contributed by atoms with Crippen LogP contribution >= 0.6 is 23.2 Å². The first kappa shape index (κ1) is 25.8. The molecule has 0 saturated carbocycles. The third-order valence-corrected chi connectivity index (χ3v) is 4.67. The van der Waals surface area contributed by atoms with E-state index in [1.165, 1.54) is 27.7 Å². The van der Waals surface area contributed by atoms with Crippen molar-refractivity contribution < 1.29 is 33.6 Å². The van der Waals surface area contributed by atoms with Crippen LogP contribution in [0.15, 0.2) is 48.5 Å². The van der Waals surface area contributed by atoms with E-state index in [-0.39, 0.29) is 13.2 Å². The minimum absolute atomic E-state index is 0.377. The van der Waals surface area contributed by atoms with Crippen LogP contribution in [0, 0.1) is 0 Å². The van der Waals surface area contributed by atoms with Gasteiger partial charge in [-0.25, -0.2) is 9.59 Å². The van der Waals surface area contributed by atoms with E-state index in [9.17, 15) is 14.7 Å². The van der Waals surface area contributed by atoms with E-state index in [0.717, 1.165) is 0 Å². The lowest BCUT2D eigenvalue weighted by molar-refractivity contribution is -0.168. The summed E-state index contributed by atoms with van der Waals surface area (Å²) in [5, 5.41) is 11.1. The third-order valence-electron chi connectivity index (χ3n) is 4.17. The Morgan fingerprint density at radius 2 is 1.06 bits per heavy atom. The van der Waals surface area contributed by atoms with Crippen LogP contribution < -0.4 is 9.47 Å². The highest BCUT2D eigenvalue weighted by Crippen LogP contribution is 2.23. The Morgan fingerprint density at radius 3 is 1.38 bits per heavy atom. The molecule has 1 N–H and O–H groups in total. The molecular weight excluding hydrogens is 459 g/mol. The number of halogens is 2. The van der Waals surface area contributed by atoms with E-state index >= 15 is 0 Å². The van der Waals surface area contributed by atoms with E-state index in [1.807, 2.05) is 0 Å². The van der Waals surface area contributed by atoms with Crippen molar-refractivity contribution in [2.24, 2.45) is 0 Å². The fraction of sp³-hybridized carbons (Fsp3) is 0.391. The predicted octanol–water partition coefficient (Wildman–Crippen LogP) is 4.46. The van der Waals surface area contributed by atoms with Crippen LogP contribution in [0.3, 0.4) is 0 Å². The summed E-state index contributed by atoms with van der Waals surface area (Å²) in [6.45, 7) is 5.38. The van der Waals surface area contributed by atoms with Crippen LogP contribution in [0.5, 0.6) is 11.5 Å². The molecule has 7 nitrogen and oxygen atoms in total. The van der Waals surface area contributed by atoms with E-state index in [2.05, 4.69) is 0 Å². The Hall–Kier alpha value is -2.48. The lowest BCUT2D eigenvalue weighted by Gasteiger charge is -2.26. The van der Waals surface area contributed by atoms with Gasteiger partial charge in [0.1, 0.15) is 30.8 Å². The number of ether oxygens (including phenoxy) is 4. The summed E-state index contributed by atoms with van der Waals surface area (Å²) in [5.74, 6) is -0.504. The van der Waals surface area contributed by atoms with Gasteiger partial charge in [0.15, 0.2) is 11.2 Å². The van der Waals surface area contributed by atoms with Gasteiger partial charge in [0.25, 0.3) is 0 Å². The Labute approximate surface area is 197 Å². The normalized spacial score (nSPS) is 11.8. The Kier molecular flexibility index (Phi) is 8.78. The molecule has 0 amide bonds. The van der Waals surface area contributed by atoms with Gasteiger partial charge in [-0.15, -0.1) is 0 Å². The summed E-state index contributed by atoms with van der Waals surface area (Å²) in [7, 11) is 0. The van der Waals surface area contributed by atoms with Gasteiger partial charge in [-0.05, 0) is 76.2 Å². The molecule has 0 saturated heterocycles. The fourth-order valence-electron chi connectivity index (χ4n) is 2.42. The van der Waals surface area contributed by atoms with Crippen molar-refractivity contribution in [3.05, 3.63) is 58.6 Å². The number of rotatable bonds is 10. The summed E-state index contributed by atoms with van der Waals surface area (Å²) in [4.78, 5) is 24.7. The first-order chi connectivity index (χ1) is 14.9. The van der Waals surface area contributed by atoms with Gasteiger partial charge in [0.2, 0.25) is 0 Å². The zero-order chi connectivity index (χ0) is 23.9. The summed E-state index contributed by atoms with van der Waals surface area (Å²) in [5.41, 5.74) is -2.61. The highest BCUT2D eigenvalue weighted by molar-refractivity contribution is 6.30. The number of benzene rings is 2. The van der Waals surface area contributed by atoms with Crippen molar-refractivity contribution in [1.29, 1.82) is 0 Å². The maximum Gasteiger partial charge on any atom is 0.349 e. The molecule has 0 heterocycles. The second kappa shape index (κ2) is 10.9. The maximum absolute atomic E-state index is 12.3. The molecule has 0 bridgehead atoms. The second-order valence-electron chi connectivity index (χ2n) is 7.98. The lowest BCUT2D eigenvalue weighted by Crippen LogP contribution is -2.42. The SMILES string of the molecule is CC(C)(Oc1ccc(Cl)cc1)C(=O)OCC(O)COC(=O)C(C)(C)Oc1ccc(Cl)cc1. The number of esters is 2. The zero-order valence-corrected chi connectivity index (χ0v) is 19.8. The quantitative estimate of drug-likeness (QED) is 0.497. The van der Waals surface area contributed by atoms with Crippen molar-refractivity contribution >= 4 is 35.1 Å². The van der Waals surface area contributed by atoms with Gasteiger partial charge in [0.05, 0.1) is 0 Å². The van der Waals surface area contributed by atoms with Crippen molar-refractivity contribution in [2.45, 2.75) is 45.0 Å². The molecule has 0 aliphatic carbocycles. The van der Waals surface area contributed by atoms with Crippen LogP contribution in [0.25, 0.3) is 0 Å². The second-order valence-corrected chi connectivity index (χ2v) is 8.86. The zero-order valence-electron chi connectivity index (χ0n) is 18.3. The average Bonchev–Trinajstić information content (AvgIpc) is 2.73. The highest BCUT2D eigenvalue weighted by atomic mass is 35.5. The Balaban J connectivity index is 1.79. The monoisotopic (exact) mass is 484 g/mol. The topological polar surface area (TPSA) is 91.3 Å². The van der Waals surface area contributed by atoms with Gasteiger partial charge < -0.3 is 24.1 Å². The van der Waals surface area contributed by atoms with Gasteiger partial charge in [-0.2, -0.15) is 0 Å². The van der Waals surface area contributed by atoms with Gasteiger partial charge in [-0.1, -0.05) is 23.2 Å². The number of aliphatic hydroxyl groups excluding tert-OH is 1. The predicted molar refractivity (Wildman–Crippen MR) is 120 cm³/mol. The molecular formula is C23H26Cl2O7. The van der Waals surface area contributed by atoms with Crippen LogP contribution in [-0.4, -0.2) is 47.6 Å². The molecule has 0 unspecified atom stereocenters. The fourth-order valence-corrected chi connectivity index (χ4v) is 2.67. The average molecular weight is 485 g/mol. The van der Waals surface area contributed by atoms with E-state index in [4.69, 9.17) is 42.1 Å². The number of carbonyl (C=O) groups excluding carboxylic acids is 2. The molecule has 0 aliphatic rings. The molecule has 0 aromatic heterocycles. The standard InChI is InChI=1S/C23H26Cl2O7/c1-22(2,31-18-9-5-15(24)6-10-18)20(27)29-13-17(26)14-30-21(28)23(3,4)32-19-11-7-16(25)8-12-19/h5-12,17,26H,13-14H2,1-4H3. The summed E-state index contributed by atoms with van der Waals surface area (Å²) in [6, 6.07) is 13.0. The van der Waals surface area contributed by atoms with Crippen molar-refractivity contribution in [3.8, 4) is 11.5 Å². The van der Waals surface area contributed by atoms with Crippen molar-refractivity contribution in [2.75, 3.05) is 13.2 Å². The van der Waals surface area contributed by atoms with E-state index < -0.39 is 29.2 Å². The van der Waals surface area contributed by atoms with Gasteiger partial charge in [-0.3, -0.25) is 0 Å². The van der Waals surface area contributed by atoms with Crippen LogP contribution in [0.4, 0.5) is 0 Å². The van der Waals surface area contributed by atoms with Gasteiger partial charge >= 0.3 is 11.9 Å². The summed E-state index contributed by atoms with van der Waals surface area (Å²) >= 11 is 11.7. The smallest absolute Gasteiger partial charge is 0.349 e. The number of hydrogen-bond donors (Lipinski definition) is 1. The molecule has 0 aliphatic heterocycles. The molecule has 2 aromatic rings. The molecule has 2 rings (SSSR count).